The normalized spacial score (nSPS) is 11.3. The standard InChI is InChI=1S/C27H22F3NO6/c1-16-13-21(11-12-22(16)36-15-24(32)33)35-14-23-31-25(17-5-9-20(34-2)10-6-17)26(37-23)18-3-7-19(8-4-18)27(28,29)30/h3-13H,14-15H2,1-2H3,(H,32,33). The Bertz CT molecular complexity index is 1380. The molecular formula is C27H22F3NO6. The van der Waals surface area contributed by atoms with Crippen LogP contribution < -0.4 is 14.2 Å². The van der Waals surface area contributed by atoms with Crippen LogP contribution in [0.2, 0.25) is 0 Å². The van der Waals surface area contributed by atoms with Crippen LogP contribution in [0, 0.1) is 6.92 Å². The van der Waals surface area contributed by atoms with Gasteiger partial charge in [0.2, 0.25) is 5.89 Å². The minimum absolute atomic E-state index is 0.0570. The van der Waals surface area contributed by atoms with E-state index < -0.39 is 24.3 Å². The Hall–Kier alpha value is -4.47. The number of aliphatic carboxylic acids is 1. The topological polar surface area (TPSA) is 91.0 Å². The molecule has 4 aromatic rings. The number of aromatic nitrogens is 1. The highest BCUT2D eigenvalue weighted by atomic mass is 19.4. The van der Waals surface area contributed by atoms with Crippen molar-refractivity contribution in [2.24, 2.45) is 0 Å². The largest absolute Gasteiger partial charge is 0.497 e. The van der Waals surface area contributed by atoms with Gasteiger partial charge in [-0.2, -0.15) is 13.2 Å². The number of halogens is 3. The van der Waals surface area contributed by atoms with Crippen LogP contribution in [0.4, 0.5) is 13.2 Å². The second-order valence-corrected chi connectivity index (χ2v) is 7.99. The van der Waals surface area contributed by atoms with Crippen LogP contribution in [0.3, 0.4) is 0 Å². The molecule has 0 fully saturated rings. The summed E-state index contributed by atoms with van der Waals surface area (Å²) in [4.78, 5) is 15.3. The maximum atomic E-state index is 13.0. The highest BCUT2D eigenvalue weighted by Crippen LogP contribution is 2.36. The predicted octanol–water partition coefficient (Wildman–Crippen LogP) is 6.39. The molecule has 1 heterocycles. The number of carboxylic acid groups (broad SMARTS) is 1. The van der Waals surface area contributed by atoms with E-state index in [1.165, 1.54) is 12.1 Å². The third-order valence-corrected chi connectivity index (χ3v) is 5.37. The van der Waals surface area contributed by atoms with E-state index >= 15 is 0 Å². The van der Waals surface area contributed by atoms with E-state index in [4.69, 9.17) is 23.7 Å². The van der Waals surface area contributed by atoms with Gasteiger partial charge in [-0.05, 0) is 67.1 Å². The summed E-state index contributed by atoms with van der Waals surface area (Å²) in [5.74, 6) is 0.950. The van der Waals surface area contributed by atoms with E-state index in [-0.39, 0.29) is 12.5 Å². The van der Waals surface area contributed by atoms with Crippen molar-refractivity contribution in [3.05, 3.63) is 83.7 Å². The molecule has 1 aromatic heterocycles. The van der Waals surface area contributed by atoms with Crippen molar-refractivity contribution in [3.63, 3.8) is 0 Å². The number of rotatable bonds is 9. The van der Waals surface area contributed by atoms with Crippen molar-refractivity contribution in [1.82, 2.24) is 4.98 Å². The zero-order valence-corrected chi connectivity index (χ0v) is 19.8. The molecule has 1 N–H and O–H groups in total. The van der Waals surface area contributed by atoms with Gasteiger partial charge in [0.15, 0.2) is 19.0 Å². The second-order valence-electron chi connectivity index (χ2n) is 7.99. The lowest BCUT2D eigenvalue weighted by Gasteiger charge is -2.09. The molecule has 10 heteroatoms. The lowest BCUT2D eigenvalue weighted by Crippen LogP contribution is -2.10. The predicted molar refractivity (Wildman–Crippen MR) is 128 cm³/mol. The molecule has 3 aromatic carbocycles. The van der Waals surface area contributed by atoms with Gasteiger partial charge in [-0.1, -0.05) is 12.1 Å². The zero-order valence-electron chi connectivity index (χ0n) is 19.8. The number of hydrogen-bond acceptors (Lipinski definition) is 6. The second kappa shape index (κ2) is 10.7. The van der Waals surface area contributed by atoms with Gasteiger partial charge < -0.3 is 23.7 Å². The number of aryl methyl sites for hydroxylation is 1. The number of carbonyl (C=O) groups is 1. The number of ether oxygens (including phenoxy) is 3. The third-order valence-electron chi connectivity index (χ3n) is 5.37. The lowest BCUT2D eigenvalue weighted by atomic mass is 10.0. The van der Waals surface area contributed by atoms with Gasteiger partial charge in [0.25, 0.3) is 0 Å². The van der Waals surface area contributed by atoms with Crippen molar-refractivity contribution >= 4 is 5.97 Å². The van der Waals surface area contributed by atoms with E-state index in [0.29, 0.717) is 45.4 Å². The third kappa shape index (κ3) is 6.21. The van der Waals surface area contributed by atoms with Crippen LogP contribution in [-0.4, -0.2) is 29.8 Å². The first-order chi connectivity index (χ1) is 17.6. The van der Waals surface area contributed by atoms with Crippen molar-refractivity contribution < 1.29 is 41.7 Å². The summed E-state index contributed by atoms with van der Waals surface area (Å²) < 4.78 is 61.3. The summed E-state index contributed by atoms with van der Waals surface area (Å²) in [5, 5.41) is 8.77. The molecule has 37 heavy (non-hydrogen) atoms. The van der Waals surface area contributed by atoms with Gasteiger partial charge in [-0.15, -0.1) is 0 Å². The van der Waals surface area contributed by atoms with Crippen LogP contribution in [0.25, 0.3) is 22.6 Å². The highest BCUT2D eigenvalue weighted by molar-refractivity contribution is 5.77. The first-order valence-electron chi connectivity index (χ1n) is 11.0. The summed E-state index contributed by atoms with van der Waals surface area (Å²) in [6.45, 7) is 1.23. The summed E-state index contributed by atoms with van der Waals surface area (Å²) in [6, 6.07) is 16.6. The summed E-state index contributed by atoms with van der Waals surface area (Å²) in [7, 11) is 1.54. The number of alkyl halides is 3. The van der Waals surface area contributed by atoms with Crippen molar-refractivity contribution in [2.45, 2.75) is 19.7 Å². The maximum absolute atomic E-state index is 13.0. The van der Waals surface area contributed by atoms with Crippen molar-refractivity contribution in [2.75, 3.05) is 13.7 Å². The Morgan fingerprint density at radius 1 is 0.946 bits per heavy atom. The molecule has 0 radical (unpaired) electrons. The van der Waals surface area contributed by atoms with E-state index in [9.17, 15) is 18.0 Å². The molecule has 0 aliphatic heterocycles. The fraction of sp³-hybridized carbons (Fsp3) is 0.185. The smallest absolute Gasteiger partial charge is 0.416 e. The molecule has 0 unspecified atom stereocenters. The van der Waals surface area contributed by atoms with Crippen LogP contribution in [0.5, 0.6) is 17.2 Å². The number of carboxylic acids is 1. The molecule has 0 saturated carbocycles. The minimum atomic E-state index is -4.45. The van der Waals surface area contributed by atoms with E-state index in [2.05, 4.69) is 4.98 Å². The van der Waals surface area contributed by atoms with E-state index in [0.717, 1.165) is 12.1 Å². The monoisotopic (exact) mass is 513 g/mol. The Morgan fingerprint density at radius 3 is 2.19 bits per heavy atom. The summed E-state index contributed by atoms with van der Waals surface area (Å²) in [5.41, 5.74) is 1.46. The Balaban J connectivity index is 1.60. The fourth-order valence-corrected chi connectivity index (χ4v) is 3.54. The number of oxazole rings is 1. The average Bonchev–Trinajstić information content (AvgIpc) is 3.31. The van der Waals surface area contributed by atoms with Crippen LogP contribution in [0.15, 0.2) is 71.1 Å². The van der Waals surface area contributed by atoms with Gasteiger partial charge in [-0.25, -0.2) is 9.78 Å². The molecule has 0 spiro atoms. The molecule has 0 aliphatic rings. The first-order valence-corrected chi connectivity index (χ1v) is 11.0. The van der Waals surface area contributed by atoms with Gasteiger partial charge in [-0.3, -0.25) is 0 Å². The first kappa shape index (κ1) is 25.6. The molecule has 0 atom stereocenters. The molecule has 4 rings (SSSR count). The SMILES string of the molecule is COc1ccc(-c2nc(COc3ccc(OCC(=O)O)c(C)c3)oc2-c2ccc(C(F)(F)F)cc2)cc1. The highest BCUT2D eigenvalue weighted by Gasteiger charge is 2.30. The molecule has 0 amide bonds. The number of benzene rings is 3. The van der Waals surface area contributed by atoms with Gasteiger partial charge in [0.05, 0.1) is 12.7 Å². The number of nitrogens with zero attached hydrogens (tertiary/aromatic N) is 1. The van der Waals surface area contributed by atoms with Gasteiger partial charge in [0, 0.05) is 11.1 Å². The van der Waals surface area contributed by atoms with Gasteiger partial charge in [0.1, 0.15) is 22.9 Å². The maximum Gasteiger partial charge on any atom is 0.416 e. The Kier molecular flexibility index (Phi) is 7.37. The Morgan fingerprint density at radius 2 is 1.59 bits per heavy atom. The number of methoxy groups -OCH3 is 1. The molecule has 0 saturated heterocycles. The molecule has 0 aliphatic carbocycles. The summed E-state index contributed by atoms with van der Waals surface area (Å²) in [6.07, 6.45) is -4.45. The quantitative estimate of drug-likeness (QED) is 0.277. The van der Waals surface area contributed by atoms with Crippen LogP contribution in [0.1, 0.15) is 17.0 Å². The number of hydrogen-bond donors (Lipinski definition) is 1. The van der Waals surface area contributed by atoms with Crippen molar-refractivity contribution in [3.8, 4) is 39.8 Å². The molecule has 0 bridgehead atoms. The molecular weight excluding hydrogens is 491 g/mol. The average molecular weight is 513 g/mol. The van der Waals surface area contributed by atoms with Crippen LogP contribution in [-0.2, 0) is 17.6 Å². The molecule has 192 valence electrons. The Labute approximate surface area is 210 Å². The van der Waals surface area contributed by atoms with E-state index in [1.807, 2.05) is 0 Å². The van der Waals surface area contributed by atoms with Crippen molar-refractivity contribution in [1.29, 1.82) is 0 Å². The van der Waals surface area contributed by atoms with E-state index in [1.54, 1.807) is 56.5 Å². The summed E-state index contributed by atoms with van der Waals surface area (Å²) >= 11 is 0. The lowest BCUT2D eigenvalue weighted by molar-refractivity contribution is -0.139. The molecule has 7 nitrogen and oxygen atoms in total. The zero-order chi connectivity index (χ0) is 26.6. The van der Waals surface area contributed by atoms with Gasteiger partial charge >= 0.3 is 12.1 Å². The minimum Gasteiger partial charge on any atom is -0.497 e. The van der Waals surface area contributed by atoms with Crippen LogP contribution >= 0.6 is 0 Å². The fourth-order valence-electron chi connectivity index (χ4n) is 3.54.